The van der Waals surface area contributed by atoms with Crippen LogP contribution in [0.25, 0.3) is 0 Å². The van der Waals surface area contributed by atoms with E-state index in [9.17, 15) is 18.0 Å². The van der Waals surface area contributed by atoms with Gasteiger partial charge in [0.1, 0.15) is 0 Å². The van der Waals surface area contributed by atoms with Gasteiger partial charge in [0, 0.05) is 11.1 Å². The van der Waals surface area contributed by atoms with Crippen LogP contribution in [0.5, 0.6) is 0 Å². The molecule has 1 amide bonds. The normalized spacial score (nSPS) is 15.2. The Balaban J connectivity index is 1.73. The monoisotopic (exact) mass is 373 g/mol. The summed E-state index contributed by atoms with van der Waals surface area (Å²) in [4.78, 5) is 23.4. The highest BCUT2D eigenvalue weighted by Crippen LogP contribution is 2.17. The van der Waals surface area contributed by atoms with Gasteiger partial charge >= 0.3 is 5.97 Å². The molecule has 0 aromatic heterocycles. The number of carbonyl (C=O) groups is 2. The fraction of sp³-hybridized carbons (Fsp3) is 0.500. The van der Waals surface area contributed by atoms with E-state index in [1.165, 1.54) is 24.3 Å². The zero-order valence-corrected chi connectivity index (χ0v) is 14.7. The molecule has 1 aliphatic carbocycles. The van der Waals surface area contributed by atoms with Crippen molar-refractivity contribution in [1.29, 1.82) is 0 Å². The largest absolute Gasteiger partial charge is 0.456 e. The van der Waals surface area contributed by atoms with Crippen LogP contribution < -0.4 is 5.32 Å². The first-order chi connectivity index (χ1) is 11.4. The lowest BCUT2D eigenvalue weighted by atomic mass is 10.2. The number of hydrogen-bond donors (Lipinski definition) is 1. The van der Waals surface area contributed by atoms with Crippen molar-refractivity contribution in [3.05, 3.63) is 29.3 Å². The molecule has 1 N–H and O–H groups in total. The van der Waals surface area contributed by atoms with Crippen molar-refractivity contribution in [3.63, 3.8) is 0 Å². The van der Waals surface area contributed by atoms with Crippen LogP contribution in [-0.4, -0.2) is 38.7 Å². The Kier molecular flexibility index (Phi) is 6.62. The van der Waals surface area contributed by atoms with Crippen LogP contribution >= 0.6 is 11.6 Å². The molecule has 0 heterocycles. The van der Waals surface area contributed by atoms with E-state index in [1.807, 2.05) is 0 Å². The molecule has 0 bridgehead atoms. The van der Waals surface area contributed by atoms with Crippen molar-refractivity contribution >= 4 is 33.3 Å². The Hall–Kier alpha value is -1.60. The molecule has 0 atom stereocenters. The molecule has 1 aromatic rings. The third-order valence-electron chi connectivity index (χ3n) is 3.83. The van der Waals surface area contributed by atoms with Crippen molar-refractivity contribution in [2.45, 2.75) is 43.0 Å². The zero-order valence-electron chi connectivity index (χ0n) is 13.2. The number of rotatable bonds is 7. The second-order valence-electron chi connectivity index (χ2n) is 5.73. The summed E-state index contributed by atoms with van der Waals surface area (Å²) in [5, 5.41) is 3.22. The average molecular weight is 374 g/mol. The number of halogens is 1. The maximum absolute atomic E-state index is 12.1. The summed E-state index contributed by atoms with van der Waals surface area (Å²) in [6.07, 6.45) is 3.76. The van der Waals surface area contributed by atoms with E-state index in [1.54, 1.807) is 0 Å². The highest BCUT2D eigenvalue weighted by atomic mass is 35.5. The van der Waals surface area contributed by atoms with E-state index in [4.69, 9.17) is 16.3 Å². The first-order valence-electron chi connectivity index (χ1n) is 7.80. The van der Waals surface area contributed by atoms with Crippen LogP contribution in [0.15, 0.2) is 29.2 Å². The number of esters is 1. The third kappa shape index (κ3) is 5.79. The van der Waals surface area contributed by atoms with Crippen LogP contribution in [0.2, 0.25) is 5.02 Å². The van der Waals surface area contributed by atoms with Crippen LogP contribution in [0.1, 0.15) is 32.1 Å². The van der Waals surface area contributed by atoms with E-state index >= 15 is 0 Å². The van der Waals surface area contributed by atoms with Gasteiger partial charge in [0.2, 0.25) is 0 Å². The molecular formula is C16H20ClNO5S. The van der Waals surface area contributed by atoms with E-state index in [-0.39, 0.29) is 35.6 Å². The van der Waals surface area contributed by atoms with Gasteiger partial charge in [-0.05, 0) is 37.1 Å². The Morgan fingerprint density at radius 1 is 1.17 bits per heavy atom. The third-order valence-corrected chi connectivity index (χ3v) is 5.82. The Bertz CT molecular complexity index is 681. The van der Waals surface area contributed by atoms with Crippen LogP contribution in [-0.2, 0) is 24.2 Å². The van der Waals surface area contributed by atoms with Crippen LogP contribution in [0.4, 0.5) is 0 Å². The Labute approximate surface area is 146 Å². The summed E-state index contributed by atoms with van der Waals surface area (Å²) in [5.41, 5.74) is 0. The highest BCUT2D eigenvalue weighted by molar-refractivity contribution is 7.91. The van der Waals surface area contributed by atoms with E-state index < -0.39 is 15.8 Å². The molecule has 1 saturated carbocycles. The molecule has 132 valence electrons. The van der Waals surface area contributed by atoms with Gasteiger partial charge in [-0.2, -0.15) is 0 Å². The van der Waals surface area contributed by atoms with Crippen molar-refractivity contribution in [3.8, 4) is 0 Å². The lowest BCUT2D eigenvalue weighted by Crippen LogP contribution is -2.36. The smallest absolute Gasteiger partial charge is 0.307 e. The number of hydrogen-bond acceptors (Lipinski definition) is 5. The minimum absolute atomic E-state index is 0.0960. The fourth-order valence-electron chi connectivity index (χ4n) is 2.54. The first kappa shape index (κ1) is 18.7. The molecule has 24 heavy (non-hydrogen) atoms. The minimum Gasteiger partial charge on any atom is -0.456 e. The predicted molar refractivity (Wildman–Crippen MR) is 89.5 cm³/mol. The first-order valence-corrected chi connectivity index (χ1v) is 9.83. The van der Waals surface area contributed by atoms with Gasteiger partial charge < -0.3 is 10.1 Å². The quantitative estimate of drug-likeness (QED) is 0.739. The van der Waals surface area contributed by atoms with Crippen molar-refractivity contribution in [1.82, 2.24) is 5.32 Å². The summed E-state index contributed by atoms with van der Waals surface area (Å²) < 4.78 is 29.0. The molecule has 0 saturated heterocycles. The second kappa shape index (κ2) is 8.48. The molecule has 8 heteroatoms. The molecule has 0 unspecified atom stereocenters. The number of sulfone groups is 1. The summed E-state index contributed by atoms with van der Waals surface area (Å²) in [6, 6.07) is 5.87. The maximum Gasteiger partial charge on any atom is 0.307 e. The molecule has 1 aromatic carbocycles. The van der Waals surface area contributed by atoms with Gasteiger partial charge in [0.25, 0.3) is 5.91 Å². The lowest BCUT2D eigenvalue weighted by Gasteiger charge is -2.12. The van der Waals surface area contributed by atoms with Gasteiger partial charge in [-0.15, -0.1) is 0 Å². The van der Waals surface area contributed by atoms with Crippen molar-refractivity contribution in [2.75, 3.05) is 12.4 Å². The topological polar surface area (TPSA) is 89.5 Å². The number of nitrogens with one attached hydrogen (secondary N) is 1. The van der Waals surface area contributed by atoms with E-state index in [2.05, 4.69) is 5.32 Å². The van der Waals surface area contributed by atoms with E-state index in [0.717, 1.165) is 25.7 Å². The molecule has 6 nitrogen and oxygen atoms in total. The second-order valence-corrected chi connectivity index (χ2v) is 8.28. The average Bonchev–Trinajstić information content (AvgIpc) is 3.04. The number of ether oxygens (including phenoxy) is 1. The highest BCUT2D eigenvalue weighted by Gasteiger charge is 2.19. The molecule has 0 aliphatic heterocycles. The molecule has 0 spiro atoms. The summed E-state index contributed by atoms with van der Waals surface area (Å²) >= 11 is 5.71. The van der Waals surface area contributed by atoms with Gasteiger partial charge in [-0.1, -0.05) is 24.4 Å². The van der Waals surface area contributed by atoms with E-state index in [0.29, 0.717) is 5.02 Å². The number of benzene rings is 1. The standard InChI is InChI=1S/C16H20ClNO5S/c17-12-5-7-14(8-6-12)24(21,22)10-9-16(20)23-11-15(19)18-13-3-1-2-4-13/h5-8,13H,1-4,9-11H2,(H,18,19). The molecule has 2 rings (SSSR count). The SMILES string of the molecule is O=C(COC(=O)CCS(=O)(=O)c1ccc(Cl)cc1)NC1CCCC1. The molecule has 1 fully saturated rings. The summed E-state index contributed by atoms with van der Waals surface area (Å²) in [5.74, 6) is -1.44. The lowest BCUT2D eigenvalue weighted by molar-refractivity contribution is -0.148. The van der Waals surface area contributed by atoms with Crippen LogP contribution in [0.3, 0.4) is 0 Å². The molecule has 0 radical (unpaired) electrons. The molecule has 1 aliphatic rings. The fourth-order valence-corrected chi connectivity index (χ4v) is 3.88. The Morgan fingerprint density at radius 3 is 2.42 bits per heavy atom. The Morgan fingerprint density at radius 2 is 1.79 bits per heavy atom. The van der Waals surface area contributed by atoms with Gasteiger partial charge in [0.05, 0.1) is 17.1 Å². The maximum atomic E-state index is 12.1. The van der Waals surface area contributed by atoms with Gasteiger partial charge in [0.15, 0.2) is 16.4 Å². The molecular weight excluding hydrogens is 354 g/mol. The van der Waals surface area contributed by atoms with Crippen molar-refractivity contribution < 1.29 is 22.7 Å². The zero-order chi connectivity index (χ0) is 17.6. The summed E-state index contributed by atoms with van der Waals surface area (Å²) in [6.45, 7) is -0.379. The van der Waals surface area contributed by atoms with Crippen LogP contribution in [0, 0.1) is 0 Å². The number of amides is 1. The van der Waals surface area contributed by atoms with Gasteiger partial charge in [-0.3, -0.25) is 9.59 Å². The summed E-state index contributed by atoms with van der Waals surface area (Å²) in [7, 11) is -3.59. The van der Waals surface area contributed by atoms with Crippen molar-refractivity contribution in [2.24, 2.45) is 0 Å². The van der Waals surface area contributed by atoms with Gasteiger partial charge in [-0.25, -0.2) is 8.42 Å². The predicted octanol–water partition coefficient (Wildman–Crippen LogP) is 2.11. The number of carbonyl (C=O) groups excluding carboxylic acids is 2. The minimum atomic E-state index is -3.59.